The summed E-state index contributed by atoms with van der Waals surface area (Å²) in [5, 5.41) is 5.43. The average molecular weight is 357 g/mol. The lowest BCUT2D eigenvalue weighted by Crippen LogP contribution is -2.28. The number of amides is 1. The summed E-state index contributed by atoms with van der Waals surface area (Å²) in [4.78, 5) is 12.4. The van der Waals surface area contributed by atoms with Gasteiger partial charge in [-0.3, -0.25) is 4.79 Å². The number of nitrogens with one attached hydrogen (secondary N) is 1. The highest BCUT2D eigenvalue weighted by molar-refractivity contribution is 9.10. The van der Waals surface area contributed by atoms with Crippen LogP contribution in [0.2, 0.25) is 0 Å². The van der Waals surface area contributed by atoms with Crippen molar-refractivity contribution in [3.63, 3.8) is 0 Å². The lowest BCUT2D eigenvalue weighted by atomic mass is 9.99. The Labute approximate surface area is 138 Å². The van der Waals surface area contributed by atoms with Crippen LogP contribution < -0.4 is 5.32 Å². The minimum Gasteiger partial charge on any atom is -0.345 e. The van der Waals surface area contributed by atoms with Crippen molar-refractivity contribution in [2.45, 2.75) is 13.0 Å². The van der Waals surface area contributed by atoms with E-state index in [9.17, 15) is 4.79 Å². The number of carbonyl (C=O) groups excluding carboxylic acids is 1. The third-order valence-corrected chi connectivity index (χ3v) is 4.28. The highest BCUT2D eigenvalue weighted by Gasteiger charge is 2.16. The molecule has 1 aromatic heterocycles. The summed E-state index contributed by atoms with van der Waals surface area (Å²) in [6.45, 7) is 2.01. The van der Waals surface area contributed by atoms with Gasteiger partial charge in [0.1, 0.15) is 5.69 Å². The summed E-state index contributed by atoms with van der Waals surface area (Å²) in [7, 11) is 1.86. The molecule has 0 aliphatic rings. The van der Waals surface area contributed by atoms with Gasteiger partial charge in [0.05, 0.1) is 6.04 Å². The van der Waals surface area contributed by atoms with Crippen molar-refractivity contribution >= 4 is 32.6 Å². The van der Waals surface area contributed by atoms with Crippen molar-refractivity contribution in [1.29, 1.82) is 0 Å². The zero-order chi connectivity index (χ0) is 15.7. The van der Waals surface area contributed by atoms with Gasteiger partial charge in [-0.2, -0.15) is 0 Å². The van der Waals surface area contributed by atoms with E-state index >= 15 is 0 Å². The molecular formula is C18H17BrN2O. The van der Waals surface area contributed by atoms with Crippen LogP contribution in [0.5, 0.6) is 0 Å². The Hall–Kier alpha value is -2.07. The summed E-state index contributed by atoms with van der Waals surface area (Å²) in [5.74, 6) is -0.0753. The Kier molecular flexibility index (Phi) is 4.03. The van der Waals surface area contributed by atoms with Crippen molar-refractivity contribution in [3.05, 3.63) is 70.5 Å². The second kappa shape index (κ2) is 5.97. The summed E-state index contributed by atoms with van der Waals surface area (Å²) in [5.41, 5.74) is 1.76. The van der Waals surface area contributed by atoms with E-state index in [1.54, 1.807) is 0 Å². The van der Waals surface area contributed by atoms with E-state index in [0.717, 1.165) is 10.0 Å². The SMILES string of the molecule is C[C@@H](NC(=O)c1cc(Br)cn1C)c1cccc2ccccc12. The second-order valence-electron chi connectivity index (χ2n) is 5.42. The lowest BCUT2D eigenvalue weighted by Gasteiger charge is -2.17. The van der Waals surface area contributed by atoms with Crippen LogP contribution in [0.1, 0.15) is 29.0 Å². The van der Waals surface area contributed by atoms with Crippen molar-refractivity contribution in [2.75, 3.05) is 0 Å². The first-order chi connectivity index (χ1) is 10.6. The number of aryl methyl sites for hydroxylation is 1. The molecule has 112 valence electrons. The zero-order valence-electron chi connectivity index (χ0n) is 12.5. The van der Waals surface area contributed by atoms with Crippen LogP contribution in [0.25, 0.3) is 10.8 Å². The first-order valence-electron chi connectivity index (χ1n) is 7.16. The molecule has 1 N–H and O–H groups in total. The maximum Gasteiger partial charge on any atom is 0.268 e. The number of aromatic nitrogens is 1. The molecule has 0 aliphatic heterocycles. The van der Waals surface area contributed by atoms with Crippen LogP contribution in [0.3, 0.4) is 0 Å². The molecule has 0 spiro atoms. The Bertz CT molecular complexity index is 833. The third kappa shape index (κ3) is 2.79. The highest BCUT2D eigenvalue weighted by atomic mass is 79.9. The van der Waals surface area contributed by atoms with Gasteiger partial charge in [-0.05, 0) is 45.3 Å². The highest BCUT2D eigenvalue weighted by Crippen LogP contribution is 2.24. The summed E-state index contributed by atoms with van der Waals surface area (Å²) in [6, 6.07) is 16.2. The van der Waals surface area contributed by atoms with E-state index in [-0.39, 0.29) is 11.9 Å². The Balaban J connectivity index is 1.89. The summed E-state index contributed by atoms with van der Waals surface area (Å²) < 4.78 is 2.72. The van der Waals surface area contributed by atoms with Gasteiger partial charge >= 0.3 is 0 Å². The van der Waals surface area contributed by atoms with Crippen molar-refractivity contribution in [1.82, 2.24) is 9.88 Å². The minimum atomic E-state index is -0.0753. The van der Waals surface area contributed by atoms with Crippen molar-refractivity contribution < 1.29 is 4.79 Å². The molecule has 2 aromatic carbocycles. The summed E-state index contributed by atoms with van der Waals surface area (Å²) in [6.07, 6.45) is 1.87. The van der Waals surface area contributed by atoms with E-state index in [0.29, 0.717) is 5.69 Å². The molecule has 3 rings (SSSR count). The van der Waals surface area contributed by atoms with Gasteiger partial charge in [0, 0.05) is 17.7 Å². The standard InChI is InChI=1S/C18H17BrN2O/c1-12(20-18(22)17-10-14(19)11-21(17)2)15-9-5-7-13-6-3-4-8-16(13)15/h3-12H,1-2H3,(H,20,22)/t12-/m1/s1. The smallest absolute Gasteiger partial charge is 0.268 e. The molecule has 0 saturated carbocycles. The van der Waals surface area contributed by atoms with Crippen LogP contribution in [-0.2, 0) is 7.05 Å². The van der Waals surface area contributed by atoms with Gasteiger partial charge in [0.2, 0.25) is 0 Å². The number of hydrogen-bond donors (Lipinski definition) is 1. The molecular weight excluding hydrogens is 340 g/mol. The molecule has 1 amide bonds. The number of halogens is 1. The number of fused-ring (bicyclic) bond motifs is 1. The monoisotopic (exact) mass is 356 g/mol. The fourth-order valence-corrected chi connectivity index (χ4v) is 3.25. The average Bonchev–Trinajstić information content (AvgIpc) is 2.85. The van der Waals surface area contributed by atoms with Crippen molar-refractivity contribution in [2.24, 2.45) is 7.05 Å². The van der Waals surface area contributed by atoms with E-state index in [1.165, 1.54) is 10.8 Å². The predicted octanol–water partition coefficient (Wildman–Crippen LogP) is 4.43. The topological polar surface area (TPSA) is 34.0 Å². The second-order valence-corrected chi connectivity index (χ2v) is 6.33. The molecule has 0 aliphatic carbocycles. The van der Waals surface area contributed by atoms with Crippen LogP contribution in [-0.4, -0.2) is 10.5 Å². The number of hydrogen-bond acceptors (Lipinski definition) is 1. The van der Waals surface area contributed by atoms with Crippen LogP contribution in [0.15, 0.2) is 59.2 Å². The maximum absolute atomic E-state index is 12.4. The van der Waals surface area contributed by atoms with Crippen molar-refractivity contribution in [3.8, 4) is 0 Å². The van der Waals surface area contributed by atoms with Gasteiger partial charge in [-0.15, -0.1) is 0 Å². The molecule has 3 aromatic rings. The third-order valence-electron chi connectivity index (χ3n) is 3.84. The molecule has 0 unspecified atom stereocenters. The first-order valence-corrected chi connectivity index (χ1v) is 7.96. The molecule has 1 heterocycles. The predicted molar refractivity (Wildman–Crippen MR) is 92.9 cm³/mol. The molecule has 0 saturated heterocycles. The number of nitrogens with zero attached hydrogens (tertiary/aromatic N) is 1. The lowest BCUT2D eigenvalue weighted by molar-refractivity contribution is 0.0932. The molecule has 0 radical (unpaired) electrons. The van der Waals surface area contributed by atoms with Gasteiger partial charge in [0.15, 0.2) is 0 Å². The fourth-order valence-electron chi connectivity index (χ4n) is 2.73. The van der Waals surface area contributed by atoms with Gasteiger partial charge in [0.25, 0.3) is 5.91 Å². The van der Waals surface area contributed by atoms with Gasteiger partial charge < -0.3 is 9.88 Å². The van der Waals surface area contributed by atoms with Gasteiger partial charge in [-0.25, -0.2) is 0 Å². The van der Waals surface area contributed by atoms with E-state index in [1.807, 2.05) is 49.0 Å². The quantitative estimate of drug-likeness (QED) is 0.739. The van der Waals surface area contributed by atoms with E-state index in [4.69, 9.17) is 0 Å². The normalized spacial score (nSPS) is 12.3. The number of rotatable bonds is 3. The van der Waals surface area contributed by atoms with Gasteiger partial charge in [-0.1, -0.05) is 42.5 Å². The molecule has 4 heteroatoms. The minimum absolute atomic E-state index is 0.0627. The summed E-state index contributed by atoms with van der Waals surface area (Å²) >= 11 is 3.39. The maximum atomic E-state index is 12.4. The van der Waals surface area contributed by atoms with Crippen LogP contribution in [0, 0.1) is 0 Å². The molecule has 3 nitrogen and oxygen atoms in total. The van der Waals surface area contributed by atoms with E-state index in [2.05, 4.69) is 45.5 Å². The number of benzene rings is 2. The Morgan fingerprint density at radius 1 is 1.18 bits per heavy atom. The number of carbonyl (C=O) groups is 1. The zero-order valence-corrected chi connectivity index (χ0v) is 14.1. The Morgan fingerprint density at radius 3 is 2.64 bits per heavy atom. The molecule has 0 bridgehead atoms. The fraction of sp³-hybridized carbons (Fsp3) is 0.167. The molecule has 1 atom stereocenters. The Morgan fingerprint density at radius 2 is 1.91 bits per heavy atom. The molecule has 0 fully saturated rings. The first kappa shape index (κ1) is 14.9. The van der Waals surface area contributed by atoms with Crippen LogP contribution >= 0.6 is 15.9 Å². The largest absolute Gasteiger partial charge is 0.345 e. The van der Waals surface area contributed by atoms with E-state index < -0.39 is 0 Å². The van der Waals surface area contributed by atoms with Crippen LogP contribution in [0.4, 0.5) is 0 Å². The molecule has 22 heavy (non-hydrogen) atoms.